The zero-order chi connectivity index (χ0) is 26.2. The maximum absolute atomic E-state index is 13.4. The highest BCUT2D eigenvalue weighted by molar-refractivity contribution is 7.16. The molecule has 0 bridgehead atoms. The Morgan fingerprint density at radius 2 is 1.78 bits per heavy atom. The lowest BCUT2D eigenvalue weighted by atomic mass is 10.1. The van der Waals surface area contributed by atoms with Gasteiger partial charge in [0.2, 0.25) is 0 Å². The first-order valence-electron chi connectivity index (χ1n) is 10.9. The summed E-state index contributed by atoms with van der Waals surface area (Å²) >= 11 is 1.42. The van der Waals surface area contributed by atoms with Crippen molar-refractivity contribution in [2.24, 2.45) is 0 Å². The number of aromatic nitrogens is 3. The van der Waals surface area contributed by atoms with Gasteiger partial charge in [-0.2, -0.15) is 13.2 Å². The van der Waals surface area contributed by atoms with Crippen molar-refractivity contribution in [1.29, 1.82) is 0 Å². The number of alkyl halides is 3. The van der Waals surface area contributed by atoms with E-state index >= 15 is 0 Å². The fourth-order valence-corrected chi connectivity index (χ4v) is 4.63. The molecule has 0 spiro atoms. The Hall–Kier alpha value is -4.29. The molecule has 5 rings (SSSR count). The van der Waals surface area contributed by atoms with E-state index in [1.807, 2.05) is 6.07 Å². The Kier molecular flexibility index (Phi) is 6.36. The SMILES string of the molecule is COCc1nc2c(C(=O)Nc3cccc4scnc34)cc(NC(=O)c3ccccc3C(F)(F)F)cc2[nH]1. The Balaban J connectivity index is 1.53. The Morgan fingerprint density at radius 3 is 2.57 bits per heavy atom. The fraction of sp³-hybridized carbons (Fsp3) is 0.120. The topological polar surface area (TPSA) is 109 Å². The smallest absolute Gasteiger partial charge is 0.377 e. The maximum Gasteiger partial charge on any atom is 0.417 e. The average Bonchev–Trinajstić information content (AvgIpc) is 3.50. The predicted molar refractivity (Wildman–Crippen MR) is 134 cm³/mol. The van der Waals surface area contributed by atoms with Crippen LogP contribution in [0.5, 0.6) is 0 Å². The summed E-state index contributed by atoms with van der Waals surface area (Å²) in [7, 11) is 1.49. The second-order valence-electron chi connectivity index (χ2n) is 7.99. The van der Waals surface area contributed by atoms with Crippen LogP contribution < -0.4 is 10.6 Å². The van der Waals surface area contributed by atoms with Crippen LogP contribution in [0.3, 0.4) is 0 Å². The van der Waals surface area contributed by atoms with Gasteiger partial charge in [-0.1, -0.05) is 18.2 Å². The van der Waals surface area contributed by atoms with Crippen LogP contribution in [0.4, 0.5) is 24.5 Å². The number of amides is 2. The molecule has 188 valence electrons. The highest BCUT2D eigenvalue weighted by atomic mass is 32.1. The van der Waals surface area contributed by atoms with Gasteiger partial charge in [0.25, 0.3) is 11.8 Å². The van der Waals surface area contributed by atoms with E-state index in [0.717, 1.165) is 16.8 Å². The van der Waals surface area contributed by atoms with Crippen molar-refractivity contribution in [2.75, 3.05) is 17.7 Å². The van der Waals surface area contributed by atoms with Gasteiger partial charge in [0.05, 0.1) is 38.1 Å². The first-order valence-corrected chi connectivity index (χ1v) is 11.8. The summed E-state index contributed by atoms with van der Waals surface area (Å²) in [6.45, 7) is 0.133. The summed E-state index contributed by atoms with van der Waals surface area (Å²) in [6, 6.07) is 12.7. The van der Waals surface area contributed by atoms with E-state index in [2.05, 4.69) is 25.6 Å². The first kappa shape index (κ1) is 24.4. The number of halogens is 3. The Morgan fingerprint density at radius 1 is 1.00 bits per heavy atom. The molecule has 3 aromatic carbocycles. The summed E-state index contributed by atoms with van der Waals surface area (Å²) in [5.74, 6) is -1.07. The van der Waals surface area contributed by atoms with E-state index < -0.39 is 29.1 Å². The highest BCUT2D eigenvalue weighted by Gasteiger charge is 2.35. The van der Waals surface area contributed by atoms with Crippen LogP contribution in [0.2, 0.25) is 0 Å². The van der Waals surface area contributed by atoms with Crippen LogP contribution in [-0.2, 0) is 17.5 Å². The fourth-order valence-electron chi connectivity index (χ4n) is 3.92. The molecule has 0 saturated carbocycles. The number of anilines is 2. The summed E-state index contributed by atoms with van der Waals surface area (Å²) in [5, 5.41) is 5.30. The van der Waals surface area contributed by atoms with Gasteiger partial charge in [0, 0.05) is 12.8 Å². The molecule has 37 heavy (non-hydrogen) atoms. The number of carbonyl (C=O) groups excluding carboxylic acids is 2. The molecule has 12 heteroatoms. The van der Waals surface area contributed by atoms with E-state index in [-0.39, 0.29) is 17.9 Å². The van der Waals surface area contributed by atoms with Gasteiger partial charge < -0.3 is 20.4 Å². The Labute approximate surface area is 211 Å². The molecule has 0 unspecified atom stereocenters. The van der Waals surface area contributed by atoms with Gasteiger partial charge in [-0.05, 0) is 36.4 Å². The van der Waals surface area contributed by atoms with E-state index in [4.69, 9.17) is 4.74 Å². The lowest BCUT2D eigenvalue weighted by Gasteiger charge is -2.13. The molecule has 0 radical (unpaired) electrons. The van der Waals surface area contributed by atoms with Crippen LogP contribution in [-0.4, -0.2) is 33.9 Å². The summed E-state index contributed by atoms with van der Waals surface area (Å²) in [6.07, 6.45) is -4.71. The second kappa shape index (κ2) is 9.64. The van der Waals surface area contributed by atoms with E-state index in [1.54, 1.807) is 17.6 Å². The van der Waals surface area contributed by atoms with Gasteiger partial charge in [0.15, 0.2) is 0 Å². The minimum atomic E-state index is -4.71. The molecular formula is C25H18F3N5O3S. The standard InChI is InChI=1S/C25H18F3N5O3S/c1-36-11-20-31-18-10-13(30-23(34)14-5-2-3-6-16(14)25(26,27)28)9-15(21(18)33-20)24(35)32-17-7-4-8-19-22(17)29-12-37-19/h2-10,12H,11H2,1H3,(H,30,34)(H,31,33)(H,32,35). The van der Waals surface area contributed by atoms with Gasteiger partial charge in [-0.15, -0.1) is 11.3 Å². The number of hydrogen-bond acceptors (Lipinski definition) is 6. The van der Waals surface area contributed by atoms with Crippen molar-refractivity contribution in [3.63, 3.8) is 0 Å². The maximum atomic E-state index is 13.4. The minimum absolute atomic E-state index is 0.0998. The van der Waals surface area contributed by atoms with Crippen LogP contribution in [0.15, 0.2) is 60.1 Å². The number of thiazole rings is 1. The van der Waals surface area contributed by atoms with Crippen LogP contribution >= 0.6 is 11.3 Å². The zero-order valence-electron chi connectivity index (χ0n) is 19.1. The molecule has 2 aromatic heterocycles. The highest BCUT2D eigenvalue weighted by Crippen LogP contribution is 2.33. The molecule has 2 heterocycles. The number of ether oxygens (including phenoxy) is 1. The lowest BCUT2D eigenvalue weighted by molar-refractivity contribution is -0.137. The molecule has 0 aliphatic carbocycles. The number of para-hydroxylation sites is 1. The number of rotatable bonds is 6. The van der Waals surface area contributed by atoms with Crippen molar-refractivity contribution in [3.05, 3.63) is 82.6 Å². The van der Waals surface area contributed by atoms with Crippen molar-refractivity contribution in [1.82, 2.24) is 15.0 Å². The number of benzene rings is 3. The van der Waals surface area contributed by atoms with Gasteiger partial charge >= 0.3 is 6.18 Å². The third kappa shape index (κ3) is 4.88. The van der Waals surface area contributed by atoms with Crippen LogP contribution in [0, 0.1) is 0 Å². The van der Waals surface area contributed by atoms with Crippen molar-refractivity contribution in [2.45, 2.75) is 12.8 Å². The average molecular weight is 526 g/mol. The molecule has 0 atom stereocenters. The third-order valence-electron chi connectivity index (χ3n) is 5.50. The van der Waals surface area contributed by atoms with E-state index in [1.165, 1.54) is 42.7 Å². The van der Waals surface area contributed by atoms with Crippen LogP contribution in [0.1, 0.15) is 32.1 Å². The molecular weight excluding hydrogens is 507 g/mol. The number of nitrogens with zero attached hydrogens (tertiary/aromatic N) is 2. The minimum Gasteiger partial charge on any atom is -0.377 e. The molecule has 3 N–H and O–H groups in total. The van der Waals surface area contributed by atoms with Crippen molar-refractivity contribution in [3.8, 4) is 0 Å². The summed E-state index contributed by atoms with van der Waals surface area (Å²) in [4.78, 5) is 38.0. The molecule has 0 aliphatic rings. The molecule has 2 amide bonds. The van der Waals surface area contributed by atoms with Crippen molar-refractivity contribution < 1.29 is 27.5 Å². The third-order valence-corrected chi connectivity index (χ3v) is 6.30. The van der Waals surface area contributed by atoms with E-state index in [0.29, 0.717) is 28.1 Å². The molecule has 8 nitrogen and oxygen atoms in total. The number of methoxy groups -OCH3 is 1. The van der Waals surface area contributed by atoms with Gasteiger partial charge in [-0.3, -0.25) is 9.59 Å². The summed E-state index contributed by atoms with van der Waals surface area (Å²) in [5.41, 5.74) is 2.08. The number of hydrogen-bond donors (Lipinski definition) is 3. The van der Waals surface area contributed by atoms with Crippen molar-refractivity contribution >= 4 is 55.8 Å². The lowest BCUT2D eigenvalue weighted by Crippen LogP contribution is -2.19. The van der Waals surface area contributed by atoms with Crippen LogP contribution in [0.25, 0.3) is 21.3 Å². The predicted octanol–water partition coefficient (Wildman–Crippen LogP) is 5.84. The first-order chi connectivity index (χ1) is 17.7. The summed E-state index contributed by atoms with van der Waals surface area (Å²) < 4.78 is 46.3. The normalized spacial score (nSPS) is 11.7. The number of nitrogens with one attached hydrogen (secondary N) is 3. The second-order valence-corrected chi connectivity index (χ2v) is 8.88. The number of aromatic amines is 1. The Bertz CT molecular complexity index is 1640. The van der Waals surface area contributed by atoms with E-state index in [9.17, 15) is 22.8 Å². The zero-order valence-corrected chi connectivity index (χ0v) is 20.0. The largest absolute Gasteiger partial charge is 0.417 e. The van der Waals surface area contributed by atoms with Gasteiger partial charge in [-0.25, -0.2) is 9.97 Å². The molecule has 5 aromatic rings. The quantitative estimate of drug-likeness (QED) is 0.258. The number of imidazole rings is 1. The number of H-pyrrole nitrogens is 1. The number of carbonyl (C=O) groups is 2. The monoisotopic (exact) mass is 525 g/mol. The molecule has 0 aliphatic heterocycles. The van der Waals surface area contributed by atoms with Gasteiger partial charge in [0.1, 0.15) is 23.5 Å². The number of fused-ring (bicyclic) bond motifs is 2. The molecule has 0 fully saturated rings. The molecule has 0 saturated heterocycles.